The summed E-state index contributed by atoms with van der Waals surface area (Å²) in [7, 11) is 0. The van der Waals surface area contributed by atoms with Crippen molar-refractivity contribution in [3.8, 4) is 5.75 Å². The third-order valence-electron chi connectivity index (χ3n) is 5.82. The van der Waals surface area contributed by atoms with Crippen molar-refractivity contribution in [2.75, 3.05) is 6.61 Å². The maximum Gasteiger partial charge on any atom is 0.261 e. The molecule has 0 heterocycles. The molecule has 3 aromatic carbocycles. The zero-order valence-electron chi connectivity index (χ0n) is 20.2. The number of ether oxygens (including phenoxy) is 1. The number of hydrogen-bond acceptors (Lipinski definition) is 3. The zero-order valence-corrected chi connectivity index (χ0v) is 22.6. The second-order valence-electron chi connectivity index (χ2n) is 8.50. The lowest BCUT2D eigenvalue weighted by Crippen LogP contribution is -2.53. The van der Waals surface area contributed by atoms with Gasteiger partial charge in [-0.25, -0.2) is 4.39 Å². The third-order valence-corrected chi connectivity index (χ3v) is 6.60. The van der Waals surface area contributed by atoms with Crippen LogP contribution in [0, 0.1) is 5.82 Å². The lowest BCUT2D eigenvalue weighted by atomic mass is 10.0. The first-order valence-electron chi connectivity index (χ1n) is 11.7. The van der Waals surface area contributed by atoms with Crippen molar-refractivity contribution >= 4 is 39.3 Å². The minimum Gasteiger partial charge on any atom is -0.482 e. The molecule has 0 fully saturated rings. The molecule has 0 aliphatic heterocycles. The average molecular weight is 576 g/mol. The fourth-order valence-electron chi connectivity index (χ4n) is 3.62. The van der Waals surface area contributed by atoms with E-state index < -0.39 is 17.8 Å². The van der Waals surface area contributed by atoms with E-state index in [1.807, 2.05) is 44.2 Å². The minimum absolute atomic E-state index is 0.0843. The molecular weight excluding hydrogens is 547 g/mol. The summed E-state index contributed by atoms with van der Waals surface area (Å²) in [4.78, 5) is 28.4. The van der Waals surface area contributed by atoms with Crippen LogP contribution >= 0.6 is 27.5 Å². The number of benzene rings is 3. The molecule has 0 spiro atoms. The van der Waals surface area contributed by atoms with Crippen LogP contribution in [0.1, 0.15) is 31.4 Å². The molecule has 36 heavy (non-hydrogen) atoms. The molecule has 0 saturated carbocycles. The van der Waals surface area contributed by atoms with Crippen LogP contribution in [0.2, 0.25) is 5.02 Å². The molecule has 0 aliphatic carbocycles. The topological polar surface area (TPSA) is 58.6 Å². The third kappa shape index (κ3) is 7.80. The molecule has 0 radical (unpaired) electrons. The van der Waals surface area contributed by atoms with Crippen LogP contribution in [0.25, 0.3) is 0 Å². The summed E-state index contributed by atoms with van der Waals surface area (Å²) in [5.41, 5.74) is 1.19. The van der Waals surface area contributed by atoms with Crippen LogP contribution in [0.15, 0.2) is 77.3 Å². The highest BCUT2D eigenvalue weighted by atomic mass is 79.9. The number of hydrogen-bond donors (Lipinski definition) is 1. The maximum absolute atomic E-state index is 14.6. The Morgan fingerprint density at radius 2 is 1.78 bits per heavy atom. The van der Waals surface area contributed by atoms with Crippen molar-refractivity contribution < 1.29 is 18.7 Å². The van der Waals surface area contributed by atoms with Gasteiger partial charge in [-0.1, -0.05) is 83.0 Å². The standard InChI is InChI=1S/C28H29BrClFN2O3/c1-3-19(2)32-28(35)25(15-20-9-5-4-6-10-20)33(17-21-11-7-8-12-24(21)31)27(34)18-36-26-14-13-22(29)16-23(26)30/h4-14,16,19,25H,3,15,17-18H2,1-2H3,(H,32,35). The molecule has 2 atom stereocenters. The Morgan fingerprint density at radius 3 is 2.44 bits per heavy atom. The first-order valence-corrected chi connectivity index (χ1v) is 12.9. The van der Waals surface area contributed by atoms with Crippen molar-refractivity contribution in [1.29, 1.82) is 0 Å². The number of carbonyl (C=O) groups excluding carboxylic acids is 2. The van der Waals surface area contributed by atoms with Gasteiger partial charge in [0.2, 0.25) is 5.91 Å². The molecule has 5 nitrogen and oxygen atoms in total. The maximum atomic E-state index is 14.6. The highest BCUT2D eigenvalue weighted by Crippen LogP contribution is 2.28. The predicted molar refractivity (Wildman–Crippen MR) is 143 cm³/mol. The smallest absolute Gasteiger partial charge is 0.261 e. The minimum atomic E-state index is -0.877. The molecule has 0 aromatic heterocycles. The van der Waals surface area contributed by atoms with Gasteiger partial charge in [-0.05, 0) is 43.2 Å². The van der Waals surface area contributed by atoms with Gasteiger partial charge in [0.15, 0.2) is 6.61 Å². The van der Waals surface area contributed by atoms with Crippen LogP contribution < -0.4 is 10.1 Å². The van der Waals surface area contributed by atoms with Crippen LogP contribution in [0.4, 0.5) is 4.39 Å². The predicted octanol–water partition coefficient (Wildman–Crippen LogP) is 6.18. The Bertz CT molecular complexity index is 1180. The normalized spacial score (nSPS) is 12.5. The Labute approximate surface area is 224 Å². The summed E-state index contributed by atoms with van der Waals surface area (Å²) in [6.07, 6.45) is 0.999. The van der Waals surface area contributed by atoms with Crippen LogP contribution in [-0.2, 0) is 22.6 Å². The van der Waals surface area contributed by atoms with Crippen molar-refractivity contribution in [3.63, 3.8) is 0 Å². The summed E-state index contributed by atoms with van der Waals surface area (Å²) in [6.45, 7) is 3.42. The summed E-state index contributed by atoms with van der Waals surface area (Å²) in [6, 6.07) is 19.8. The van der Waals surface area contributed by atoms with Gasteiger partial charge in [0, 0.05) is 29.0 Å². The number of carbonyl (C=O) groups is 2. The highest BCUT2D eigenvalue weighted by Gasteiger charge is 2.31. The summed E-state index contributed by atoms with van der Waals surface area (Å²) < 4.78 is 21.1. The molecule has 3 rings (SSSR count). The van der Waals surface area contributed by atoms with Gasteiger partial charge in [-0.15, -0.1) is 0 Å². The lowest BCUT2D eigenvalue weighted by Gasteiger charge is -2.32. The fraction of sp³-hybridized carbons (Fsp3) is 0.286. The van der Waals surface area contributed by atoms with E-state index in [1.165, 1.54) is 11.0 Å². The van der Waals surface area contributed by atoms with Gasteiger partial charge in [-0.3, -0.25) is 9.59 Å². The molecular formula is C28H29BrClFN2O3. The summed E-state index contributed by atoms with van der Waals surface area (Å²) >= 11 is 9.58. The monoisotopic (exact) mass is 574 g/mol. The average Bonchev–Trinajstić information content (AvgIpc) is 2.87. The Balaban J connectivity index is 1.93. The van der Waals surface area contributed by atoms with E-state index in [4.69, 9.17) is 16.3 Å². The molecule has 190 valence electrons. The number of amides is 2. The van der Waals surface area contributed by atoms with E-state index >= 15 is 0 Å². The number of nitrogens with zero attached hydrogens (tertiary/aromatic N) is 1. The zero-order chi connectivity index (χ0) is 26.1. The SMILES string of the molecule is CCC(C)NC(=O)C(Cc1ccccc1)N(Cc1ccccc1F)C(=O)COc1ccc(Br)cc1Cl. The van der Waals surface area contributed by atoms with Crippen molar-refractivity contribution in [1.82, 2.24) is 10.2 Å². The molecule has 1 N–H and O–H groups in total. The largest absolute Gasteiger partial charge is 0.482 e. The summed E-state index contributed by atoms with van der Waals surface area (Å²) in [5, 5.41) is 3.32. The fourth-order valence-corrected chi connectivity index (χ4v) is 4.35. The molecule has 0 saturated heterocycles. The van der Waals surface area contributed by atoms with E-state index in [0.717, 1.165) is 16.5 Å². The van der Waals surface area contributed by atoms with Crippen LogP contribution in [0.5, 0.6) is 5.75 Å². The van der Waals surface area contributed by atoms with Crippen molar-refractivity contribution in [2.24, 2.45) is 0 Å². The number of nitrogens with one attached hydrogen (secondary N) is 1. The van der Waals surface area contributed by atoms with E-state index in [-0.39, 0.29) is 31.5 Å². The second kappa shape index (κ2) is 13.4. The first kappa shape index (κ1) is 27.7. The van der Waals surface area contributed by atoms with Gasteiger partial charge in [-0.2, -0.15) is 0 Å². The van der Waals surface area contributed by atoms with Gasteiger partial charge in [0.25, 0.3) is 5.91 Å². The quantitative estimate of drug-likeness (QED) is 0.297. The molecule has 0 aliphatic rings. The van der Waals surface area contributed by atoms with Crippen LogP contribution in [0.3, 0.4) is 0 Å². The van der Waals surface area contributed by atoms with Gasteiger partial charge in [0.1, 0.15) is 17.6 Å². The van der Waals surface area contributed by atoms with Crippen molar-refractivity contribution in [3.05, 3.63) is 99.2 Å². The highest BCUT2D eigenvalue weighted by molar-refractivity contribution is 9.10. The first-order chi connectivity index (χ1) is 17.3. The molecule has 8 heteroatoms. The van der Waals surface area contributed by atoms with Gasteiger partial charge >= 0.3 is 0 Å². The molecule has 2 amide bonds. The van der Waals surface area contributed by atoms with E-state index in [0.29, 0.717) is 16.3 Å². The Morgan fingerprint density at radius 1 is 1.08 bits per heavy atom. The Kier molecular flexibility index (Phi) is 10.3. The van der Waals surface area contributed by atoms with Crippen LogP contribution in [-0.4, -0.2) is 35.4 Å². The summed E-state index contributed by atoms with van der Waals surface area (Å²) in [5.74, 6) is -0.882. The Hall–Kier alpha value is -2.90. The molecule has 2 unspecified atom stereocenters. The van der Waals surface area contributed by atoms with Crippen molar-refractivity contribution in [2.45, 2.75) is 45.3 Å². The van der Waals surface area contributed by atoms with E-state index in [1.54, 1.807) is 36.4 Å². The molecule has 0 bridgehead atoms. The lowest BCUT2D eigenvalue weighted by molar-refractivity contribution is -0.143. The van der Waals surface area contributed by atoms with E-state index in [9.17, 15) is 14.0 Å². The second-order valence-corrected chi connectivity index (χ2v) is 9.82. The van der Waals surface area contributed by atoms with E-state index in [2.05, 4.69) is 21.2 Å². The van der Waals surface area contributed by atoms with Gasteiger partial charge < -0.3 is 15.0 Å². The molecule has 3 aromatic rings. The number of halogens is 3. The van der Waals surface area contributed by atoms with Gasteiger partial charge in [0.05, 0.1) is 5.02 Å². The number of rotatable bonds is 11.